The normalized spacial score (nSPS) is 25.1. The second-order valence-electron chi connectivity index (χ2n) is 1.97. The van der Waals surface area contributed by atoms with Gasteiger partial charge in [-0.1, -0.05) is 18.4 Å². The monoisotopic (exact) mass is 130 g/mol. The highest BCUT2D eigenvalue weighted by Crippen LogP contribution is 2.15. The van der Waals surface area contributed by atoms with E-state index in [9.17, 15) is 0 Å². The van der Waals surface area contributed by atoms with Crippen LogP contribution in [0.4, 0.5) is 0 Å². The van der Waals surface area contributed by atoms with Crippen LogP contribution in [0.3, 0.4) is 0 Å². The second kappa shape index (κ2) is 3.33. The third-order valence-electron chi connectivity index (χ3n) is 1.23. The van der Waals surface area contributed by atoms with Crippen molar-refractivity contribution in [2.75, 3.05) is 12.3 Å². The van der Waals surface area contributed by atoms with Crippen LogP contribution in [0.25, 0.3) is 0 Å². The first-order chi connectivity index (χ1) is 3.89. The Kier molecular flexibility index (Phi) is 2.66. The maximum atomic E-state index is 8.89. The van der Waals surface area contributed by atoms with Crippen molar-refractivity contribution >= 4 is 11.9 Å². The maximum Gasteiger partial charge on any atom is 0.0277 e. The highest BCUT2D eigenvalue weighted by atomic mass is 32.2. The molecule has 1 heterocycles. The number of hydrogen-bond donors (Lipinski definition) is 0. The summed E-state index contributed by atoms with van der Waals surface area (Å²) in [5, 5.41) is 0. The molecule has 2 nitrogen and oxygen atoms in total. The van der Waals surface area contributed by atoms with Crippen molar-refractivity contribution < 1.29 is 0 Å². The fourth-order valence-electron chi connectivity index (χ4n) is 0.760. The Morgan fingerprint density at radius 2 is 2.12 bits per heavy atom. The highest BCUT2D eigenvalue weighted by Gasteiger charge is 2.04. The Balaban J connectivity index is 2.17. The van der Waals surface area contributed by atoms with Crippen molar-refractivity contribution in [3.05, 3.63) is 0 Å². The molecule has 1 saturated heterocycles. The van der Waals surface area contributed by atoms with E-state index in [4.69, 9.17) is 5.84 Å². The minimum atomic E-state index is 0.838. The van der Waals surface area contributed by atoms with Gasteiger partial charge in [0.2, 0.25) is 0 Å². The van der Waals surface area contributed by atoms with Crippen molar-refractivity contribution in [2.45, 2.75) is 19.3 Å². The maximum absolute atomic E-state index is 8.89. The lowest BCUT2D eigenvalue weighted by atomic mass is 10.2. The molecule has 0 saturated carbocycles. The number of hydrogen-bond acceptors (Lipinski definition) is 2. The van der Waals surface area contributed by atoms with Crippen LogP contribution >= 0.6 is 11.9 Å². The predicted octanol–water partition coefficient (Wildman–Crippen LogP) is 1.10. The lowest BCUT2D eigenvalue weighted by molar-refractivity contribution is 0.464. The molecule has 3 heteroatoms. The van der Waals surface area contributed by atoms with E-state index in [0.717, 1.165) is 18.7 Å². The van der Waals surface area contributed by atoms with Crippen molar-refractivity contribution in [3.63, 3.8) is 0 Å². The fraction of sp³-hybridized carbons (Fsp3) is 1.00. The van der Waals surface area contributed by atoms with Crippen molar-refractivity contribution in [1.82, 2.24) is 10.3 Å². The van der Waals surface area contributed by atoms with Gasteiger partial charge in [-0.05, 0) is 18.7 Å². The summed E-state index contributed by atoms with van der Waals surface area (Å²) < 4.78 is 1.34. The van der Waals surface area contributed by atoms with E-state index in [1.54, 1.807) is 0 Å². The van der Waals surface area contributed by atoms with Crippen LogP contribution in [0.15, 0.2) is 0 Å². The van der Waals surface area contributed by atoms with Gasteiger partial charge in [0.25, 0.3) is 0 Å². The van der Waals surface area contributed by atoms with Gasteiger partial charge in [-0.2, -0.15) is 4.41 Å². The van der Waals surface area contributed by atoms with Crippen LogP contribution in [0.1, 0.15) is 19.3 Å². The molecule has 0 unspecified atom stereocenters. The number of rotatable bonds is 0. The molecule has 0 aliphatic carbocycles. The molecule has 0 spiro atoms. The first kappa shape index (κ1) is 6.39. The third-order valence-corrected chi connectivity index (χ3v) is 2.19. The van der Waals surface area contributed by atoms with Gasteiger partial charge in [-0.15, -0.1) is 0 Å². The van der Waals surface area contributed by atoms with Crippen LogP contribution in [0.2, 0.25) is 0 Å². The minimum Gasteiger partial charge on any atom is -0.152 e. The van der Waals surface area contributed by atoms with Crippen LogP contribution < -0.4 is 5.84 Å². The average molecular weight is 130 g/mol. The average Bonchev–Trinajstić information content (AvgIpc) is 1.94. The van der Waals surface area contributed by atoms with Gasteiger partial charge < -0.3 is 0 Å². The molecule has 1 aliphatic rings. The molecular weight excluding hydrogens is 120 g/mol. The molecule has 1 fully saturated rings. The van der Waals surface area contributed by atoms with Gasteiger partial charge in [0.15, 0.2) is 0 Å². The third kappa shape index (κ3) is 2.03. The topological polar surface area (TPSA) is 25.5 Å². The summed E-state index contributed by atoms with van der Waals surface area (Å²) in [5.74, 6) is 9.97. The van der Waals surface area contributed by atoms with Gasteiger partial charge in [0, 0.05) is 12.3 Å². The molecule has 0 atom stereocenters. The van der Waals surface area contributed by atoms with Gasteiger partial charge >= 0.3 is 0 Å². The zero-order chi connectivity index (χ0) is 5.82. The molecule has 0 aromatic rings. The van der Waals surface area contributed by atoms with Gasteiger partial charge in [0.1, 0.15) is 0 Å². The van der Waals surface area contributed by atoms with Crippen LogP contribution in [0.5, 0.6) is 0 Å². The smallest absolute Gasteiger partial charge is 0.0277 e. The molecule has 2 radical (unpaired) electrons. The van der Waals surface area contributed by atoms with Crippen LogP contribution in [0, 0.1) is 0 Å². The van der Waals surface area contributed by atoms with Crippen LogP contribution in [-0.4, -0.2) is 16.7 Å². The molecule has 0 aromatic heterocycles. The Labute approximate surface area is 54.5 Å². The van der Waals surface area contributed by atoms with Gasteiger partial charge in [0.05, 0.1) is 0 Å². The lowest BCUT2D eigenvalue weighted by Gasteiger charge is -2.04. The lowest BCUT2D eigenvalue weighted by Crippen LogP contribution is -2.11. The first-order valence-corrected chi connectivity index (χ1v) is 3.93. The molecule has 0 bridgehead atoms. The molecule has 0 N–H and O–H groups in total. The second-order valence-corrected chi connectivity index (χ2v) is 3.06. The summed E-state index contributed by atoms with van der Waals surface area (Å²) in [6.45, 7) is 0.838. The van der Waals surface area contributed by atoms with Gasteiger partial charge in [-0.25, -0.2) is 0 Å². The summed E-state index contributed by atoms with van der Waals surface area (Å²) in [6.07, 6.45) is 3.66. The van der Waals surface area contributed by atoms with Crippen molar-refractivity contribution in [1.29, 1.82) is 0 Å². The molecule has 1 rings (SSSR count). The Morgan fingerprint density at radius 3 is 3.00 bits per heavy atom. The fourth-order valence-corrected chi connectivity index (χ4v) is 1.56. The Hall–Kier alpha value is 0.270. The van der Waals surface area contributed by atoms with Crippen LogP contribution in [-0.2, 0) is 0 Å². The molecular formula is C5H10N2S. The van der Waals surface area contributed by atoms with E-state index < -0.39 is 0 Å². The molecule has 46 valence electrons. The zero-order valence-corrected chi connectivity index (χ0v) is 5.65. The van der Waals surface area contributed by atoms with E-state index in [1.807, 2.05) is 0 Å². The predicted molar refractivity (Wildman–Crippen MR) is 35.1 cm³/mol. The SMILES string of the molecule is [N]N1CCCCCS1. The van der Waals surface area contributed by atoms with E-state index >= 15 is 0 Å². The van der Waals surface area contributed by atoms with E-state index in [0.29, 0.717) is 0 Å². The summed E-state index contributed by atoms with van der Waals surface area (Å²) >= 11 is 1.53. The van der Waals surface area contributed by atoms with Crippen molar-refractivity contribution in [2.24, 2.45) is 0 Å². The molecule has 0 amide bonds. The molecule has 8 heavy (non-hydrogen) atoms. The Bertz CT molecular complexity index is 59.4. The molecule has 0 aromatic carbocycles. The summed E-state index contributed by atoms with van der Waals surface area (Å²) in [7, 11) is 0. The minimum absolute atomic E-state index is 0.838. The van der Waals surface area contributed by atoms with E-state index in [1.165, 1.54) is 29.2 Å². The van der Waals surface area contributed by atoms with Gasteiger partial charge in [-0.3, -0.25) is 0 Å². The van der Waals surface area contributed by atoms with Crippen molar-refractivity contribution in [3.8, 4) is 0 Å². The molecule has 1 aliphatic heterocycles. The Morgan fingerprint density at radius 1 is 1.25 bits per heavy atom. The largest absolute Gasteiger partial charge is 0.152 e. The summed E-state index contributed by atoms with van der Waals surface area (Å²) in [4.78, 5) is 0. The quantitative estimate of drug-likeness (QED) is 0.459. The van der Waals surface area contributed by atoms with E-state index in [2.05, 4.69) is 0 Å². The highest BCUT2D eigenvalue weighted by molar-refractivity contribution is 7.96. The van der Waals surface area contributed by atoms with E-state index in [-0.39, 0.29) is 0 Å². The number of nitrogens with zero attached hydrogens (tertiary/aromatic N) is 2. The zero-order valence-electron chi connectivity index (χ0n) is 4.84. The summed E-state index contributed by atoms with van der Waals surface area (Å²) in [5.41, 5.74) is 0. The standard InChI is InChI=1S/C5H10N2S/c6-7-4-2-1-3-5-8-7/h1-5H2. The summed E-state index contributed by atoms with van der Waals surface area (Å²) in [6, 6.07) is 0. The first-order valence-electron chi connectivity index (χ1n) is 2.99.